The van der Waals surface area contributed by atoms with E-state index in [-0.39, 0.29) is 16.8 Å². The fourth-order valence-electron chi connectivity index (χ4n) is 3.23. The van der Waals surface area contributed by atoms with Crippen LogP contribution >= 0.6 is 11.3 Å². The van der Waals surface area contributed by atoms with Crippen molar-refractivity contribution in [3.05, 3.63) is 22.4 Å². The highest BCUT2D eigenvalue weighted by Gasteiger charge is 2.67. The molecular formula is C15H16F3N3O2S. The number of hydrogen-bond acceptors (Lipinski definition) is 4. The topological polar surface area (TPSA) is 61.8 Å². The monoisotopic (exact) mass is 359 g/mol. The summed E-state index contributed by atoms with van der Waals surface area (Å²) >= 11 is 0.999. The van der Waals surface area contributed by atoms with Crippen molar-refractivity contribution < 1.29 is 22.8 Å². The first kappa shape index (κ1) is 16.9. The first-order valence-corrected chi connectivity index (χ1v) is 8.47. The molecule has 0 aromatic carbocycles. The number of halogens is 3. The smallest absolute Gasteiger partial charge is 0.311 e. The Balaban J connectivity index is 1.95. The summed E-state index contributed by atoms with van der Waals surface area (Å²) in [4.78, 5) is 29.6. The van der Waals surface area contributed by atoms with Gasteiger partial charge < -0.3 is 5.32 Å². The maximum Gasteiger partial charge on any atom is 0.442 e. The van der Waals surface area contributed by atoms with Gasteiger partial charge in [0.05, 0.1) is 4.88 Å². The highest BCUT2D eigenvalue weighted by molar-refractivity contribution is 7.12. The van der Waals surface area contributed by atoms with Crippen molar-refractivity contribution >= 4 is 29.0 Å². The fraction of sp³-hybridized carbons (Fsp3) is 0.533. The third kappa shape index (κ3) is 2.60. The third-order valence-electron chi connectivity index (χ3n) is 4.35. The van der Waals surface area contributed by atoms with E-state index in [2.05, 4.69) is 4.99 Å². The lowest BCUT2D eigenvalue weighted by atomic mass is 10.1. The number of carbonyl (C=O) groups is 2. The molecule has 1 saturated carbocycles. The van der Waals surface area contributed by atoms with Crippen LogP contribution in [-0.2, 0) is 4.79 Å². The van der Waals surface area contributed by atoms with Gasteiger partial charge in [0.1, 0.15) is 5.84 Å². The Morgan fingerprint density at radius 1 is 1.42 bits per heavy atom. The van der Waals surface area contributed by atoms with E-state index >= 15 is 0 Å². The Morgan fingerprint density at radius 2 is 2.08 bits per heavy atom. The van der Waals surface area contributed by atoms with Crippen LogP contribution in [0.1, 0.15) is 42.3 Å². The number of alkyl halides is 3. The SMILES string of the molecule is CC1=NC(NC(=O)c2cccs2)(C(F)(F)F)C(=O)N1C1CCCC1. The van der Waals surface area contributed by atoms with Crippen LogP contribution in [0.4, 0.5) is 13.2 Å². The van der Waals surface area contributed by atoms with Crippen LogP contribution in [0, 0.1) is 0 Å². The summed E-state index contributed by atoms with van der Waals surface area (Å²) < 4.78 is 41.2. The van der Waals surface area contributed by atoms with E-state index in [0.717, 1.165) is 29.1 Å². The number of hydrogen-bond donors (Lipinski definition) is 1. The lowest BCUT2D eigenvalue weighted by Gasteiger charge is -2.31. The van der Waals surface area contributed by atoms with Crippen molar-refractivity contribution in [1.29, 1.82) is 0 Å². The minimum atomic E-state index is -5.02. The van der Waals surface area contributed by atoms with Gasteiger partial charge in [-0.25, -0.2) is 4.99 Å². The second-order valence-corrected chi connectivity index (χ2v) is 6.86. The average Bonchev–Trinajstić information content (AvgIpc) is 3.20. The van der Waals surface area contributed by atoms with Gasteiger partial charge in [0.15, 0.2) is 0 Å². The van der Waals surface area contributed by atoms with Crippen LogP contribution in [0.15, 0.2) is 22.5 Å². The molecule has 1 N–H and O–H groups in total. The van der Waals surface area contributed by atoms with Gasteiger partial charge in [-0.05, 0) is 31.2 Å². The minimum Gasteiger partial charge on any atom is -0.311 e. The van der Waals surface area contributed by atoms with Gasteiger partial charge in [-0.3, -0.25) is 14.5 Å². The Kier molecular flexibility index (Phi) is 4.15. The molecule has 0 spiro atoms. The van der Waals surface area contributed by atoms with Gasteiger partial charge in [0.2, 0.25) is 0 Å². The predicted molar refractivity (Wildman–Crippen MR) is 82.8 cm³/mol. The zero-order valence-corrected chi connectivity index (χ0v) is 13.7. The van der Waals surface area contributed by atoms with E-state index in [1.807, 2.05) is 5.32 Å². The summed E-state index contributed by atoms with van der Waals surface area (Å²) in [5, 5.41) is 3.41. The summed E-state index contributed by atoms with van der Waals surface area (Å²) in [6.07, 6.45) is -2.01. The number of aliphatic imine (C=N–C) groups is 1. The molecule has 24 heavy (non-hydrogen) atoms. The van der Waals surface area contributed by atoms with Crippen molar-refractivity contribution in [3.8, 4) is 0 Å². The molecule has 5 nitrogen and oxygen atoms in total. The molecule has 0 bridgehead atoms. The molecule has 1 aromatic heterocycles. The molecule has 2 aliphatic rings. The van der Waals surface area contributed by atoms with Crippen LogP contribution in [0.25, 0.3) is 0 Å². The highest BCUT2D eigenvalue weighted by atomic mass is 32.1. The zero-order chi connectivity index (χ0) is 17.5. The lowest BCUT2D eigenvalue weighted by Crippen LogP contribution is -2.64. The number of thiophene rings is 1. The van der Waals surface area contributed by atoms with Crippen LogP contribution in [0.5, 0.6) is 0 Å². The highest BCUT2D eigenvalue weighted by Crippen LogP contribution is 2.40. The van der Waals surface area contributed by atoms with Crippen molar-refractivity contribution in [2.75, 3.05) is 0 Å². The quantitative estimate of drug-likeness (QED) is 0.902. The largest absolute Gasteiger partial charge is 0.442 e. The number of nitrogens with one attached hydrogen (secondary N) is 1. The standard InChI is InChI=1S/C15H16F3N3O2S/c1-9-19-14(15(16,17)18,20-12(22)11-7-4-8-24-11)13(23)21(9)10-5-2-3-6-10/h4,7-8,10H,2-3,5-6H2,1H3,(H,20,22). The van der Waals surface area contributed by atoms with E-state index in [4.69, 9.17) is 0 Å². The summed E-state index contributed by atoms with van der Waals surface area (Å²) in [5.41, 5.74) is -3.24. The minimum absolute atomic E-state index is 0.00398. The van der Waals surface area contributed by atoms with Gasteiger partial charge in [-0.2, -0.15) is 13.2 Å². The summed E-state index contributed by atoms with van der Waals surface area (Å²) in [6, 6.07) is 2.66. The second kappa shape index (κ2) is 5.87. The van der Waals surface area contributed by atoms with E-state index in [1.165, 1.54) is 13.0 Å². The van der Waals surface area contributed by atoms with E-state index in [0.29, 0.717) is 12.8 Å². The number of rotatable bonds is 3. The van der Waals surface area contributed by atoms with Gasteiger partial charge in [0.25, 0.3) is 11.8 Å². The molecule has 1 aliphatic heterocycles. The molecule has 1 unspecified atom stereocenters. The number of carbonyl (C=O) groups excluding carboxylic acids is 2. The van der Waals surface area contributed by atoms with Crippen molar-refractivity contribution in [3.63, 3.8) is 0 Å². The molecule has 1 fully saturated rings. The molecule has 1 aromatic rings. The van der Waals surface area contributed by atoms with Gasteiger partial charge in [-0.1, -0.05) is 18.9 Å². The van der Waals surface area contributed by atoms with E-state index in [9.17, 15) is 22.8 Å². The molecule has 0 radical (unpaired) electrons. The summed E-state index contributed by atoms with van der Waals surface area (Å²) in [5.74, 6) is -2.18. The number of nitrogens with zero attached hydrogens (tertiary/aromatic N) is 2. The predicted octanol–water partition coefficient (Wildman–Crippen LogP) is 2.94. The van der Waals surface area contributed by atoms with Gasteiger partial charge >= 0.3 is 11.8 Å². The van der Waals surface area contributed by atoms with Crippen molar-refractivity contribution in [2.24, 2.45) is 4.99 Å². The van der Waals surface area contributed by atoms with E-state index < -0.39 is 23.7 Å². The van der Waals surface area contributed by atoms with E-state index in [1.54, 1.807) is 11.4 Å². The normalized spacial score (nSPS) is 25.2. The summed E-state index contributed by atoms with van der Waals surface area (Å²) in [6.45, 7) is 1.38. The first-order valence-electron chi connectivity index (χ1n) is 7.59. The molecule has 3 rings (SSSR count). The Morgan fingerprint density at radius 3 is 2.62 bits per heavy atom. The van der Waals surface area contributed by atoms with Crippen molar-refractivity contribution in [1.82, 2.24) is 10.2 Å². The Labute approximate surface area is 140 Å². The van der Waals surface area contributed by atoms with Crippen LogP contribution in [0.3, 0.4) is 0 Å². The van der Waals surface area contributed by atoms with Crippen LogP contribution < -0.4 is 5.32 Å². The van der Waals surface area contributed by atoms with Gasteiger partial charge in [-0.15, -0.1) is 11.3 Å². The lowest BCUT2D eigenvalue weighted by molar-refractivity contribution is -0.196. The Bertz CT molecular complexity index is 681. The van der Waals surface area contributed by atoms with Crippen LogP contribution in [-0.4, -0.2) is 40.4 Å². The molecular weight excluding hydrogens is 343 g/mol. The Hall–Kier alpha value is -1.90. The fourth-order valence-corrected chi connectivity index (χ4v) is 3.85. The molecule has 1 aliphatic carbocycles. The van der Waals surface area contributed by atoms with Crippen LogP contribution in [0.2, 0.25) is 0 Å². The molecule has 0 saturated heterocycles. The second-order valence-electron chi connectivity index (χ2n) is 5.91. The third-order valence-corrected chi connectivity index (χ3v) is 5.21. The molecule has 2 amide bonds. The molecule has 9 heteroatoms. The zero-order valence-electron chi connectivity index (χ0n) is 12.9. The average molecular weight is 359 g/mol. The molecule has 2 heterocycles. The van der Waals surface area contributed by atoms with Gasteiger partial charge in [0, 0.05) is 6.04 Å². The first-order chi connectivity index (χ1) is 11.3. The number of amidine groups is 1. The van der Waals surface area contributed by atoms with Crippen molar-refractivity contribution in [2.45, 2.75) is 50.5 Å². The molecule has 1 atom stereocenters. The summed E-state index contributed by atoms with van der Waals surface area (Å²) in [7, 11) is 0. The maximum atomic E-state index is 13.7. The molecule has 130 valence electrons. The number of amides is 2. The maximum absolute atomic E-state index is 13.7.